The van der Waals surface area contributed by atoms with E-state index in [-0.39, 0.29) is 6.54 Å². The molecule has 0 aromatic carbocycles. The maximum absolute atomic E-state index is 12.2. The Labute approximate surface area is 95.0 Å². The molecular weight excluding hydrogens is 250 g/mol. The summed E-state index contributed by atoms with van der Waals surface area (Å²) in [6.45, 7) is 2.00. The number of rotatable bonds is 3. The van der Waals surface area contributed by atoms with E-state index in [9.17, 15) is 26.3 Å². The summed E-state index contributed by atoms with van der Waals surface area (Å²) in [5, 5.41) is 2.98. The van der Waals surface area contributed by atoms with E-state index >= 15 is 0 Å². The van der Waals surface area contributed by atoms with Crippen LogP contribution in [0.4, 0.5) is 26.3 Å². The van der Waals surface area contributed by atoms with Gasteiger partial charge in [-0.2, -0.15) is 26.3 Å². The van der Waals surface area contributed by atoms with E-state index in [1.807, 2.05) is 0 Å². The Bertz CT molecular complexity index is 217. The average molecular weight is 264 g/mol. The number of halogens is 6. The molecule has 102 valence electrons. The molecule has 1 aliphatic rings. The van der Waals surface area contributed by atoms with Crippen LogP contribution in [-0.2, 0) is 0 Å². The molecule has 0 aromatic rings. The molecule has 1 fully saturated rings. The van der Waals surface area contributed by atoms with Gasteiger partial charge in [0.05, 0.1) is 0 Å². The van der Waals surface area contributed by atoms with Crippen molar-refractivity contribution in [3.05, 3.63) is 0 Å². The predicted molar refractivity (Wildman–Crippen MR) is 49.5 cm³/mol. The first-order valence-corrected chi connectivity index (χ1v) is 5.28. The Morgan fingerprint density at radius 3 is 1.82 bits per heavy atom. The highest BCUT2D eigenvalue weighted by Gasteiger charge is 2.55. The maximum Gasteiger partial charge on any atom is 0.400 e. The van der Waals surface area contributed by atoms with E-state index in [0.29, 0.717) is 26.2 Å². The normalized spacial score (nSPS) is 19.9. The van der Waals surface area contributed by atoms with Crippen molar-refractivity contribution in [1.29, 1.82) is 0 Å². The van der Waals surface area contributed by atoms with Crippen LogP contribution in [0, 0.1) is 5.92 Å². The van der Waals surface area contributed by atoms with Crippen LogP contribution < -0.4 is 5.32 Å². The van der Waals surface area contributed by atoms with Gasteiger partial charge in [-0.15, -0.1) is 0 Å². The lowest BCUT2D eigenvalue weighted by Crippen LogP contribution is -2.46. The Kier molecular flexibility index (Phi) is 4.65. The van der Waals surface area contributed by atoms with Gasteiger partial charge in [-0.25, -0.2) is 0 Å². The molecule has 0 unspecified atom stereocenters. The molecule has 0 saturated carbocycles. The van der Waals surface area contributed by atoms with Crippen molar-refractivity contribution < 1.29 is 26.3 Å². The average Bonchev–Trinajstić information content (AvgIpc) is 2.15. The van der Waals surface area contributed by atoms with E-state index in [1.165, 1.54) is 0 Å². The van der Waals surface area contributed by atoms with Gasteiger partial charge in [-0.1, -0.05) is 0 Å². The molecule has 1 N–H and O–H groups in total. The third-order valence-electron chi connectivity index (χ3n) is 2.73. The second kappa shape index (κ2) is 5.43. The largest absolute Gasteiger partial charge is 0.400 e. The highest BCUT2D eigenvalue weighted by molar-refractivity contribution is 4.78. The third-order valence-corrected chi connectivity index (χ3v) is 2.73. The van der Waals surface area contributed by atoms with Crippen LogP contribution in [0.1, 0.15) is 6.42 Å². The fourth-order valence-corrected chi connectivity index (χ4v) is 1.76. The molecule has 0 radical (unpaired) electrons. The minimum atomic E-state index is -5.22. The molecule has 1 rings (SSSR count). The Morgan fingerprint density at radius 2 is 1.41 bits per heavy atom. The molecule has 0 spiro atoms. The maximum atomic E-state index is 12.2. The molecule has 0 atom stereocenters. The van der Waals surface area contributed by atoms with Gasteiger partial charge in [-0.3, -0.25) is 0 Å². The van der Waals surface area contributed by atoms with Gasteiger partial charge < -0.3 is 10.2 Å². The van der Waals surface area contributed by atoms with E-state index in [4.69, 9.17) is 0 Å². The molecule has 1 heterocycles. The van der Waals surface area contributed by atoms with Crippen LogP contribution in [0.5, 0.6) is 0 Å². The smallest absolute Gasteiger partial charge is 0.314 e. The predicted octanol–water partition coefficient (Wildman–Crippen LogP) is 2.02. The molecule has 8 heteroatoms. The second-order valence-electron chi connectivity index (χ2n) is 4.02. The lowest BCUT2D eigenvalue weighted by atomic mass is 10.0. The summed E-state index contributed by atoms with van der Waals surface area (Å²) in [7, 11) is 0. The van der Waals surface area contributed by atoms with Crippen LogP contribution in [0.2, 0.25) is 0 Å². The van der Waals surface area contributed by atoms with Crippen molar-refractivity contribution in [3.63, 3.8) is 0 Å². The van der Waals surface area contributed by atoms with Crippen molar-refractivity contribution in [2.45, 2.75) is 18.8 Å². The highest BCUT2D eigenvalue weighted by atomic mass is 19.4. The van der Waals surface area contributed by atoms with E-state index < -0.39 is 24.7 Å². The van der Waals surface area contributed by atoms with Crippen molar-refractivity contribution >= 4 is 0 Å². The molecule has 0 aromatic heterocycles. The van der Waals surface area contributed by atoms with Crippen molar-refractivity contribution in [3.8, 4) is 0 Å². The summed E-state index contributed by atoms with van der Waals surface area (Å²) in [5.41, 5.74) is 0. The van der Waals surface area contributed by atoms with Gasteiger partial charge in [0.15, 0.2) is 5.92 Å². The molecule has 17 heavy (non-hydrogen) atoms. The summed E-state index contributed by atoms with van der Waals surface area (Å²) < 4.78 is 73.3. The number of hydrogen-bond acceptors (Lipinski definition) is 2. The van der Waals surface area contributed by atoms with Crippen LogP contribution in [-0.4, -0.2) is 50.0 Å². The first-order chi connectivity index (χ1) is 7.71. The van der Waals surface area contributed by atoms with Gasteiger partial charge in [0.1, 0.15) is 0 Å². The second-order valence-corrected chi connectivity index (χ2v) is 4.02. The zero-order chi connectivity index (χ0) is 13.1. The lowest BCUT2D eigenvalue weighted by molar-refractivity contribution is -0.286. The van der Waals surface area contributed by atoms with Crippen LogP contribution in [0.25, 0.3) is 0 Å². The molecular formula is C9H14F6N2. The molecule has 2 nitrogen and oxygen atoms in total. The fraction of sp³-hybridized carbons (Fsp3) is 1.00. The summed E-state index contributed by atoms with van der Waals surface area (Å²) in [6, 6.07) is 0. The van der Waals surface area contributed by atoms with E-state index in [2.05, 4.69) is 5.32 Å². The monoisotopic (exact) mass is 264 g/mol. The SMILES string of the molecule is FC(F)(F)C(CCN1CCNCC1)C(F)(F)F. The molecule has 0 bridgehead atoms. The zero-order valence-corrected chi connectivity index (χ0v) is 9.03. The lowest BCUT2D eigenvalue weighted by Gasteiger charge is -2.30. The first kappa shape index (κ1) is 14.6. The summed E-state index contributed by atoms with van der Waals surface area (Å²) in [5.74, 6) is -3.22. The van der Waals surface area contributed by atoms with Crippen LogP contribution in [0.3, 0.4) is 0 Å². The molecule has 1 saturated heterocycles. The van der Waals surface area contributed by atoms with Gasteiger partial charge in [0.2, 0.25) is 0 Å². The molecule has 0 amide bonds. The Morgan fingerprint density at radius 1 is 0.941 bits per heavy atom. The summed E-state index contributed by atoms with van der Waals surface area (Å²) in [4.78, 5) is 1.61. The first-order valence-electron chi connectivity index (χ1n) is 5.28. The van der Waals surface area contributed by atoms with Crippen molar-refractivity contribution in [1.82, 2.24) is 10.2 Å². The third kappa shape index (κ3) is 4.71. The number of piperazine rings is 1. The minimum absolute atomic E-state index is 0.175. The van der Waals surface area contributed by atoms with Crippen molar-refractivity contribution in [2.75, 3.05) is 32.7 Å². The number of nitrogens with one attached hydrogen (secondary N) is 1. The number of nitrogens with zero attached hydrogens (tertiary/aromatic N) is 1. The summed E-state index contributed by atoms with van der Waals surface area (Å²) >= 11 is 0. The van der Waals surface area contributed by atoms with Gasteiger partial charge in [0.25, 0.3) is 0 Å². The standard InChI is InChI=1S/C9H14F6N2/c10-8(11,12)7(9(13,14)15)1-4-17-5-2-16-3-6-17/h7,16H,1-6H2. The van der Waals surface area contributed by atoms with Crippen LogP contribution >= 0.6 is 0 Å². The molecule has 0 aliphatic carbocycles. The number of alkyl halides is 6. The summed E-state index contributed by atoms with van der Waals surface area (Å²) in [6.07, 6.45) is -11.4. The molecule has 1 aliphatic heterocycles. The van der Waals surface area contributed by atoms with E-state index in [1.54, 1.807) is 4.90 Å². The van der Waals surface area contributed by atoms with Gasteiger partial charge in [0, 0.05) is 26.2 Å². The minimum Gasteiger partial charge on any atom is -0.314 e. The van der Waals surface area contributed by atoms with Gasteiger partial charge in [-0.05, 0) is 13.0 Å². The van der Waals surface area contributed by atoms with Crippen molar-refractivity contribution in [2.24, 2.45) is 5.92 Å². The zero-order valence-electron chi connectivity index (χ0n) is 9.03. The fourth-order valence-electron chi connectivity index (χ4n) is 1.76. The quantitative estimate of drug-likeness (QED) is 0.785. The number of hydrogen-bond donors (Lipinski definition) is 1. The van der Waals surface area contributed by atoms with Crippen LogP contribution in [0.15, 0.2) is 0 Å². The Balaban J connectivity index is 2.49. The highest BCUT2D eigenvalue weighted by Crippen LogP contribution is 2.41. The topological polar surface area (TPSA) is 15.3 Å². The van der Waals surface area contributed by atoms with Gasteiger partial charge >= 0.3 is 12.4 Å². The van der Waals surface area contributed by atoms with E-state index in [0.717, 1.165) is 0 Å². The Hall–Kier alpha value is -0.500.